The third-order valence-corrected chi connectivity index (χ3v) is 3.19. The van der Waals surface area contributed by atoms with E-state index in [1.807, 2.05) is 29.9 Å². The minimum Gasteiger partial charge on any atom is -0.355 e. The maximum Gasteiger partial charge on any atom is 0.253 e. The number of fused-ring (bicyclic) bond motifs is 1. The molecule has 0 aliphatic rings. The van der Waals surface area contributed by atoms with Crippen molar-refractivity contribution in [1.82, 2.24) is 9.88 Å². The molecule has 0 saturated heterocycles. The second kappa shape index (κ2) is 4.41. The largest absolute Gasteiger partial charge is 0.355 e. The number of hydrogen-bond donors (Lipinski definition) is 1. The maximum absolute atomic E-state index is 11.8. The van der Waals surface area contributed by atoms with Gasteiger partial charge in [0.2, 0.25) is 0 Å². The highest BCUT2D eigenvalue weighted by atomic mass is 35.5. The molecular formula is C13H15ClN2O. The number of amides is 1. The van der Waals surface area contributed by atoms with Crippen molar-refractivity contribution in [2.45, 2.75) is 13.3 Å². The first-order chi connectivity index (χ1) is 8.08. The summed E-state index contributed by atoms with van der Waals surface area (Å²) < 4.78 is 1.98. The minimum atomic E-state index is -0.0834. The Labute approximate surface area is 105 Å². The van der Waals surface area contributed by atoms with Gasteiger partial charge in [-0.2, -0.15) is 0 Å². The number of aromatic nitrogens is 1. The van der Waals surface area contributed by atoms with Gasteiger partial charge in [0.1, 0.15) is 0 Å². The standard InChI is InChI=1S/C13H15ClN2O/c1-4-8-5-9(14)6-10-11(13(17)15-2)7-16(3)12(8)10/h5-7H,4H2,1-3H3,(H,15,17). The fraction of sp³-hybridized carbons (Fsp3) is 0.308. The molecule has 0 spiro atoms. The Balaban J connectivity index is 2.82. The van der Waals surface area contributed by atoms with Crippen LogP contribution in [0.4, 0.5) is 0 Å². The van der Waals surface area contributed by atoms with Crippen LogP contribution in [-0.2, 0) is 13.5 Å². The SMILES string of the molecule is CCc1cc(Cl)cc2c(C(=O)NC)cn(C)c12. The first kappa shape index (κ1) is 12.0. The number of benzene rings is 1. The molecular weight excluding hydrogens is 236 g/mol. The summed E-state index contributed by atoms with van der Waals surface area (Å²) in [7, 11) is 3.58. The van der Waals surface area contributed by atoms with Gasteiger partial charge in [-0.1, -0.05) is 18.5 Å². The molecule has 0 aliphatic carbocycles. The van der Waals surface area contributed by atoms with Gasteiger partial charge in [-0.3, -0.25) is 4.79 Å². The first-order valence-electron chi connectivity index (χ1n) is 5.58. The van der Waals surface area contributed by atoms with Crippen LogP contribution in [0.5, 0.6) is 0 Å². The molecule has 0 fully saturated rings. The van der Waals surface area contributed by atoms with Gasteiger partial charge in [0.15, 0.2) is 0 Å². The molecule has 0 aliphatic heterocycles. The van der Waals surface area contributed by atoms with Crippen LogP contribution < -0.4 is 5.32 Å². The molecule has 0 atom stereocenters. The van der Waals surface area contributed by atoms with Gasteiger partial charge in [-0.15, -0.1) is 0 Å². The van der Waals surface area contributed by atoms with E-state index in [0.29, 0.717) is 10.6 Å². The number of nitrogens with one attached hydrogen (secondary N) is 1. The van der Waals surface area contributed by atoms with E-state index in [1.165, 1.54) is 0 Å². The lowest BCUT2D eigenvalue weighted by atomic mass is 10.1. The van der Waals surface area contributed by atoms with Crippen LogP contribution in [-0.4, -0.2) is 17.5 Å². The zero-order valence-corrected chi connectivity index (χ0v) is 10.9. The lowest BCUT2D eigenvalue weighted by Gasteiger charge is -2.04. The number of carbonyl (C=O) groups excluding carboxylic acids is 1. The molecule has 0 unspecified atom stereocenters. The Kier molecular flexibility index (Phi) is 3.11. The Morgan fingerprint density at radius 2 is 2.18 bits per heavy atom. The van der Waals surface area contributed by atoms with E-state index in [1.54, 1.807) is 7.05 Å². The van der Waals surface area contributed by atoms with Gasteiger partial charge < -0.3 is 9.88 Å². The van der Waals surface area contributed by atoms with Crippen LogP contribution in [0, 0.1) is 0 Å². The smallest absolute Gasteiger partial charge is 0.253 e. The van der Waals surface area contributed by atoms with Crippen molar-refractivity contribution in [3.05, 3.63) is 34.5 Å². The second-order valence-corrected chi connectivity index (χ2v) is 4.48. The molecule has 1 aromatic carbocycles. The van der Waals surface area contributed by atoms with E-state index in [4.69, 9.17) is 11.6 Å². The van der Waals surface area contributed by atoms with Gasteiger partial charge in [0.25, 0.3) is 5.91 Å². The normalized spacial score (nSPS) is 10.8. The Bertz CT molecular complexity index is 587. The Morgan fingerprint density at radius 1 is 1.47 bits per heavy atom. The summed E-state index contributed by atoms with van der Waals surface area (Å²) in [6, 6.07) is 3.80. The van der Waals surface area contributed by atoms with E-state index in [9.17, 15) is 4.79 Å². The van der Waals surface area contributed by atoms with E-state index in [0.717, 1.165) is 22.9 Å². The molecule has 2 rings (SSSR count). The van der Waals surface area contributed by atoms with Crippen molar-refractivity contribution in [3.63, 3.8) is 0 Å². The molecule has 0 saturated carbocycles. The lowest BCUT2D eigenvalue weighted by molar-refractivity contribution is 0.0964. The molecule has 90 valence electrons. The molecule has 3 nitrogen and oxygen atoms in total. The first-order valence-corrected chi connectivity index (χ1v) is 5.95. The molecule has 1 N–H and O–H groups in total. The van der Waals surface area contributed by atoms with Crippen LogP contribution >= 0.6 is 11.6 Å². The van der Waals surface area contributed by atoms with E-state index >= 15 is 0 Å². The maximum atomic E-state index is 11.8. The molecule has 2 aromatic rings. The highest BCUT2D eigenvalue weighted by Gasteiger charge is 2.15. The number of nitrogens with zero attached hydrogens (tertiary/aromatic N) is 1. The van der Waals surface area contributed by atoms with Crippen LogP contribution in [0.15, 0.2) is 18.3 Å². The zero-order valence-electron chi connectivity index (χ0n) is 10.2. The quantitative estimate of drug-likeness (QED) is 0.874. The molecule has 1 aromatic heterocycles. The van der Waals surface area contributed by atoms with Crippen LogP contribution in [0.25, 0.3) is 10.9 Å². The van der Waals surface area contributed by atoms with E-state index in [2.05, 4.69) is 12.2 Å². The van der Waals surface area contributed by atoms with Crippen LogP contribution in [0.3, 0.4) is 0 Å². The fourth-order valence-electron chi connectivity index (χ4n) is 2.19. The summed E-state index contributed by atoms with van der Waals surface area (Å²) in [6.45, 7) is 2.08. The fourth-order valence-corrected chi connectivity index (χ4v) is 2.43. The average molecular weight is 251 g/mol. The molecule has 0 bridgehead atoms. The predicted molar refractivity (Wildman–Crippen MR) is 70.7 cm³/mol. The predicted octanol–water partition coefficient (Wildman–Crippen LogP) is 2.75. The van der Waals surface area contributed by atoms with Gasteiger partial charge in [-0.25, -0.2) is 0 Å². The topological polar surface area (TPSA) is 34.0 Å². The summed E-state index contributed by atoms with van der Waals surface area (Å²) in [5, 5.41) is 4.23. The summed E-state index contributed by atoms with van der Waals surface area (Å²) in [6.07, 6.45) is 2.74. The third-order valence-electron chi connectivity index (χ3n) is 2.97. The Morgan fingerprint density at radius 3 is 2.76 bits per heavy atom. The highest BCUT2D eigenvalue weighted by Crippen LogP contribution is 2.28. The highest BCUT2D eigenvalue weighted by molar-refractivity contribution is 6.31. The molecule has 17 heavy (non-hydrogen) atoms. The summed E-state index contributed by atoms with van der Waals surface area (Å²) >= 11 is 6.09. The van der Waals surface area contributed by atoms with Crippen LogP contribution in [0.1, 0.15) is 22.8 Å². The second-order valence-electron chi connectivity index (χ2n) is 4.05. The monoisotopic (exact) mass is 250 g/mol. The number of hydrogen-bond acceptors (Lipinski definition) is 1. The van der Waals surface area contributed by atoms with Gasteiger partial charge in [0.05, 0.1) is 11.1 Å². The van der Waals surface area contributed by atoms with Gasteiger partial charge >= 0.3 is 0 Å². The lowest BCUT2D eigenvalue weighted by Crippen LogP contribution is -2.17. The van der Waals surface area contributed by atoms with Crippen molar-refractivity contribution in [1.29, 1.82) is 0 Å². The summed E-state index contributed by atoms with van der Waals surface area (Å²) in [4.78, 5) is 11.8. The third kappa shape index (κ3) is 1.91. The van der Waals surface area contributed by atoms with E-state index in [-0.39, 0.29) is 5.91 Å². The average Bonchev–Trinajstić information content (AvgIpc) is 2.64. The number of carbonyl (C=O) groups is 1. The molecule has 1 heterocycles. The van der Waals surface area contributed by atoms with Crippen molar-refractivity contribution in [2.24, 2.45) is 7.05 Å². The molecule has 4 heteroatoms. The molecule has 0 radical (unpaired) electrons. The van der Waals surface area contributed by atoms with Crippen molar-refractivity contribution in [3.8, 4) is 0 Å². The summed E-state index contributed by atoms with van der Waals surface area (Å²) in [5.41, 5.74) is 2.91. The van der Waals surface area contributed by atoms with Crippen molar-refractivity contribution >= 4 is 28.4 Å². The van der Waals surface area contributed by atoms with Crippen molar-refractivity contribution in [2.75, 3.05) is 7.05 Å². The summed E-state index contributed by atoms with van der Waals surface area (Å²) in [5.74, 6) is -0.0834. The van der Waals surface area contributed by atoms with E-state index < -0.39 is 0 Å². The van der Waals surface area contributed by atoms with Gasteiger partial charge in [0, 0.05) is 30.7 Å². The number of rotatable bonds is 2. The molecule has 1 amide bonds. The number of halogens is 1. The minimum absolute atomic E-state index is 0.0834. The van der Waals surface area contributed by atoms with Crippen molar-refractivity contribution < 1.29 is 4.79 Å². The number of aryl methyl sites for hydroxylation is 2. The zero-order chi connectivity index (χ0) is 12.6. The Hall–Kier alpha value is -1.48. The van der Waals surface area contributed by atoms with Crippen LogP contribution in [0.2, 0.25) is 5.02 Å². The van der Waals surface area contributed by atoms with Gasteiger partial charge in [-0.05, 0) is 24.1 Å².